The summed E-state index contributed by atoms with van der Waals surface area (Å²) in [6.45, 7) is 0.784. The number of halogens is 1. The first-order chi connectivity index (χ1) is 11.0. The van der Waals surface area contributed by atoms with Crippen molar-refractivity contribution in [3.63, 3.8) is 0 Å². The monoisotopic (exact) mass is 339 g/mol. The third-order valence-corrected chi connectivity index (χ3v) is 5.61. The molecule has 2 heterocycles. The van der Waals surface area contributed by atoms with Gasteiger partial charge >= 0.3 is 0 Å². The Balaban J connectivity index is 1.76. The number of morpholine rings is 1. The fourth-order valence-electron chi connectivity index (χ4n) is 2.59. The summed E-state index contributed by atoms with van der Waals surface area (Å²) in [4.78, 5) is 0. The lowest BCUT2D eigenvalue weighted by atomic mass is 10.2. The lowest BCUT2D eigenvalue weighted by Gasteiger charge is -2.31. The zero-order valence-electron chi connectivity index (χ0n) is 12.7. The molecule has 0 spiro atoms. The first-order valence-corrected chi connectivity index (χ1v) is 8.88. The molecule has 23 heavy (non-hydrogen) atoms. The van der Waals surface area contributed by atoms with Gasteiger partial charge in [0.25, 0.3) is 0 Å². The molecule has 1 aliphatic rings. The topological polar surface area (TPSA) is 64.4 Å². The van der Waals surface area contributed by atoms with Crippen molar-refractivity contribution in [3.05, 3.63) is 53.6 Å². The predicted molar refractivity (Wildman–Crippen MR) is 82.5 cm³/mol. The smallest absolute Gasteiger partial charge is 0.218 e. The molecule has 1 aliphatic heterocycles. The van der Waals surface area contributed by atoms with Crippen LogP contribution in [0.2, 0.25) is 0 Å². The van der Waals surface area contributed by atoms with Gasteiger partial charge in [-0.05, 0) is 6.07 Å². The van der Waals surface area contributed by atoms with Crippen LogP contribution in [-0.4, -0.2) is 42.2 Å². The third kappa shape index (κ3) is 3.60. The molecule has 0 aliphatic carbocycles. The normalized spacial score (nSPS) is 19.8. The van der Waals surface area contributed by atoms with Crippen LogP contribution < -0.4 is 0 Å². The molecule has 0 unspecified atom stereocenters. The predicted octanol–water partition coefficient (Wildman–Crippen LogP) is 1.46. The van der Waals surface area contributed by atoms with Gasteiger partial charge < -0.3 is 4.74 Å². The van der Waals surface area contributed by atoms with Crippen LogP contribution >= 0.6 is 0 Å². The molecule has 0 amide bonds. The standard InChI is InChI=1S/C15H18FN3O3S/c1-18-9-13(8-17-18)15-10-19(6-7-22-15)23(20,21)11-12-4-2-3-5-14(12)16/h2-5,8-9,15H,6-7,10-11H2,1H3/t15-/m0/s1. The number of hydrogen-bond donors (Lipinski definition) is 0. The van der Waals surface area contributed by atoms with Crippen LogP contribution in [0.3, 0.4) is 0 Å². The molecule has 3 rings (SSSR count). The van der Waals surface area contributed by atoms with Gasteiger partial charge in [0.1, 0.15) is 5.82 Å². The zero-order valence-corrected chi connectivity index (χ0v) is 13.5. The first-order valence-electron chi connectivity index (χ1n) is 7.27. The van der Waals surface area contributed by atoms with Gasteiger partial charge in [-0.1, -0.05) is 18.2 Å². The maximum Gasteiger partial charge on any atom is 0.218 e. The number of aryl methyl sites for hydroxylation is 1. The molecule has 1 atom stereocenters. The van der Waals surface area contributed by atoms with E-state index in [1.165, 1.54) is 16.4 Å². The number of hydrogen-bond acceptors (Lipinski definition) is 4. The van der Waals surface area contributed by atoms with E-state index in [0.717, 1.165) is 5.56 Å². The Morgan fingerprint density at radius 3 is 2.87 bits per heavy atom. The number of nitrogens with zero attached hydrogens (tertiary/aromatic N) is 3. The van der Waals surface area contributed by atoms with Gasteiger partial charge in [0.2, 0.25) is 10.0 Å². The second kappa shape index (κ2) is 6.38. The molecule has 0 bridgehead atoms. The van der Waals surface area contributed by atoms with Gasteiger partial charge in [-0.2, -0.15) is 9.40 Å². The number of sulfonamides is 1. The second-order valence-electron chi connectivity index (χ2n) is 5.51. The van der Waals surface area contributed by atoms with E-state index in [0.29, 0.717) is 6.61 Å². The molecule has 0 radical (unpaired) electrons. The molecule has 124 valence electrons. The summed E-state index contributed by atoms with van der Waals surface area (Å²) in [5.74, 6) is -0.854. The van der Waals surface area contributed by atoms with Crippen LogP contribution in [0.25, 0.3) is 0 Å². The van der Waals surface area contributed by atoms with E-state index in [9.17, 15) is 12.8 Å². The average molecular weight is 339 g/mol. The van der Waals surface area contributed by atoms with Crippen molar-refractivity contribution in [2.75, 3.05) is 19.7 Å². The Hall–Kier alpha value is -1.77. The minimum absolute atomic E-state index is 0.178. The van der Waals surface area contributed by atoms with Crippen molar-refractivity contribution in [1.29, 1.82) is 0 Å². The highest BCUT2D eigenvalue weighted by atomic mass is 32.2. The summed E-state index contributed by atoms with van der Waals surface area (Å²) in [6.07, 6.45) is 3.11. The largest absolute Gasteiger partial charge is 0.371 e. The van der Waals surface area contributed by atoms with Crippen molar-refractivity contribution in [3.8, 4) is 0 Å². The fraction of sp³-hybridized carbons (Fsp3) is 0.400. The Morgan fingerprint density at radius 2 is 2.17 bits per heavy atom. The molecular weight excluding hydrogens is 321 g/mol. The molecule has 1 aromatic carbocycles. The fourth-order valence-corrected chi connectivity index (χ4v) is 4.11. The molecule has 6 nitrogen and oxygen atoms in total. The number of aromatic nitrogens is 2. The van der Waals surface area contributed by atoms with Crippen LogP contribution in [0.15, 0.2) is 36.7 Å². The van der Waals surface area contributed by atoms with Crippen LogP contribution in [-0.2, 0) is 27.6 Å². The van der Waals surface area contributed by atoms with E-state index < -0.39 is 15.8 Å². The van der Waals surface area contributed by atoms with Crippen molar-refractivity contribution in [2.24, 2.45) is 7.05 Å². The van der Waals surface area contributed by atoms with E-state index in [2.05, 4.69) is 5.10 Å². The summed E-state index contributed by atoms with van der Waals surface area (Å²) < 4.78 is 47.5. The van der Waals surface area contributed by atoms with Crippen LogP contribution in [0.4, 0.5) is 4.39 Å². The molecule has 1 saturated heterocycles. The average Bonchev–Trinajstić information content (AvgIpc) is 2.96. The lowest BCUT2D eigenvalue weighted by molar-refractivity contribution is -0.00264. The molecule has 2 aromatic rings. The maximum absolute atomic E-state index is 13.7. The van der Waals surface area contributed by atoms with Gasteiger partial charge in [-0.15, -0.1) is 0 Å². The van der Waals surface area contributed by atoms with Gasteiger partial charge in [-0.3, -0.25) is 4.68 Å². The summed E-state index contributed by atoms with van der Waals surface area (Å²) in [7, 11) is -1.82. The van der Waals surface area contributed by atoms with Gasteiger partial charge in [0.05, 0.1) is 24.7 Å². The highest BCUT2D eigenvalue weighted by Gasteiger charge is 2.31. The lowest BCUT2D eigenvalue weighted by Crippen LogP contribution is -2.42. The number of ether oxygens (including phenoxy) is 1. The Morgan fingerprint density at radius 1 is 1.39 bits per heavy atom. The minimum Gasteiger partial charge on any atom is -0.371 e. The van der Waals surface area contributed by atoms with Crippen LogP contribution in [0.1, 0.15) is 17.2 Å². The highest BCUT2D eigenvalue weighted by Crippen LogP contribution is 2.25. The third-order valence-electron chi connectivity index (χ3n) is 3.81. The van der Waals surface area contributed by atoms with Gasteiger partial charge in [-0.25, -0.2) is 12.8 Å². The minimum atomic E-state index is -3.61. The van der Waals surface area contributed by atoms with Crippen LogP contribution in [0, 0.1) is 5.82 Å². The van der Waals surface area contributed by atoms with Crippen molar-refractivity contribution in [1.82, 2.24) is 14.1 Å². The van der Waals surface area contributed by atoms with Crippen molar-refractivity contribution < 1.29 is 17.5 Å². The van der Waals surface area contributed by atoms with E-state index in [4.69, 9.17) is 4.74 Å². The van der Waals surface area contributed by atoms with E-state index in [1.807, 2.05) is 0 Å². The van der Waals surface area contributed by atoms with E-state index in [-0.39, 0.29) is 30.5 Å². The number of benzene rings is 1. The van der Waals surface area contributed by atoms with Gasteiger partial charge in [0, 0.05) is 37.5 Å². The Labute approximate surface area is 134 Å². The molecule has 1 fully saturated rings. The summed E-state index contributed by atoms with van der Waals surface area (Å²) in [6, 6.07) is 5.93. The number of rotatable bonds is 4. The Bertz CT molecular complexity index is 791. The second-order valence-corrected chi connectivity index (χ2v) is 7.48. The zero-order chi connectivity index (χ0) is 16.4. The van der Waals surface area contributed by atoms with Crippen molar-refractivity contribution in [2.45, 2.75) is 11.9 Å². The molecule has 0 N–H and O–H groups in total. The summed E-state index contributed by atoms with van der Waals surface area (Å²) in [5.41, 5.74) is 1.01. The molecule has 0 saturated carbocycles. The molecule has 8 heteroatoms. The highest BCUT2D eigenvalue weighted by molar-refractivity contribution is 7.88. The summed E-state index contributed by atoms with van der Waals surface area (Å²) >= 11 is 0. The quantitative estimate of drug-likeness (QED) is 0.846. The van der Waals surface area contributed by atoms with E-state index in [1.54, 1.807) is 36.3 Å². The van der Waals surface area contributed by atoms with Gasteiger partial charge in [0.15, 0.2) is 0 Å². The summed E-state index contributed by atoms with van der Waals surface area (Å²) in [5, 5.41) is 4.08. The Kier molecular flexibility index (Phi) is 4.47. The first kappa shape index (κ1) is 16.1. The van der Waals surface area contributed by atoms with Crippen LogP contribution in [0.5, 0.6) is 0 Å². The van der Waals surface area contributed by atoms with Crippen molar-refractivity contribution >= 4 is 10.0 Å². The molecule has 1 aromatic heterocycles. The molecular formula is C15H18FN3O3S. The maximum atomic E-state index is 13.7. The van der Waals surface area contributed by atoms with E-state index >= 15 is 0 Å². The SMILES string of the molecule is Cn1cc([C@@H]2CN(S(=O)(=O)Cc3ccccc3F)CCO2)cn1.